The van der Waals surface area contributed by atoms with Gasteiger partial charge in [0.05, 0.1) is 15.5 Å². The van der Waals surface area contributed by atoms with Gasteiger partial charge in [-0.15, -0.1) is 0 Å². The molecule has 0 bridgehead atoms. The number of amides is 1. The van der Waals surface area contributed by atoms with Crippen LogP contribution in [0.15, 0.2) is 55.0 Å². The summed E-state index contributed by atoms with van der Waals surface area (Å²) in [5.41, 5.74) is 4.85. The van der Waals surface area contributed by atoms with Gasteiger partial charge in [0.2, 0.25) is 11.6 Å². The fraction of sp³-hybridized carbons (Fsp3) is 0.200. The molecule has 0 aliphatic carbocycles. The second-order valence-electron chi connectivity index (χ2n) is 6.87. The Bertz CT molecular complexity index is 1120. The molecule has 0 radical (unpaired) electrons. The van der Waals surface area contributed by atoms with Crippen LogP contribution in [-0.4, -0.2) is 52.0 Å². The van der Waals surface area contributed by atoms with Crippen molar-refractivity contribution in [3.05, 3.63) is 75.7 Å². The van der Waals surface area contributed by atoms with Crippen LogP contribution in [0.25, 0.3) is 0 Å². The van der Waals surface area contributed by atoms with E-state index in [4.69, 9.17) is 11.6 Å². The third kappa shape index (κ3) is 4.52. The number of nitro groups is 1. The molecule has 1 aromatic carbocycles. The standard InChI is InChI=1S/C20H19ClN8O3/c21-15-6-2-1-5-14(15)20(30)26-25-18-17(29(31)32)19(24-13-23-18)28-11-9-27(10-12-28)16-7-3-4-8-22-16/h1-8,13H,9-12H2,(H,26,30)(H,23,24,25). The number of piperazine rings is 1. The van der Waals surface area contributed by atoms with E-state index in [2.05, 4.69) is 30.7 Å². The van der Waals surface area contributed by atoms with E-state index in [1.165, 1.54) is 6.33 Å². The van der Waals surface area contributed by atoms with Crippen molar-refractivity contribution in [2.45, 2.75) is 0 Å². The van der Waals surface area contributed by atoms with Gasteiger partial charge in [-0.1, -0.05) is 29.8 Å². The largest absolute Gasteiger partial charge is 0.355 e. The van der Waals surface area contributed by atoms with Crippen molar-refractivity contribution in [3.8, 4) is 0 Å². The minimum atomic E-state index is -0.565. The van der Waals surface area contributed by atoms with Gasteiger partial charge in [0.15, 0.2) is 0 Å². The molecule has 0 unspecified atom stereocenters. The molecular weight excluding hydrogens is 436 g/mol. The number of rotatable bonds is 6. The third-order valence-corrected chi connectivity index (χ3v) is 5.28. The highest BCUT2D eigenvalue weighted by Gasteiger charge is 2.30. The monoisotopic (exact) mass is 454 g/mol. The second-order valence-corrected chi connectivity index (χ2v) is 7.28. The topological polar surface area (TPSA) is 129 Å². The number of nitrogens with one attached hydrogen (secondary N) is 2. The quantitative estimate of drug-likeness (QED) is 0.426. The molecule has 2 aromatic heterocycles. The minimum absolute atomic E-state index is 0.118. The lowest BCUT2D eigenvalue weighted by molar-refractivity contribution is -0.383. The third-order valence-electron chi connectivity index (χ3n) is 4.95. The molecule has 164 valence electrons. The number of anilines is 3. The molecule has 3 heterocycles. The Kier molecular flexibility index (Phi) is 6.26. The number of benzene rings is 1. The van der Waals surface area contributed by atoms with Crippen LogP contribution in [0, 0.1) is 10.1 Å². The number of pyridine rings is 1. The van der Waals surface area contributed by atoms with Gasteiger partial charge in [-0.25, -0.2) is 15.0 Å². The van der Waals surface area contributed by atoms with Crippen LogP contribution in [0.1, 0.15) is 10.4 Å². The molecule has 0 spiro atoms. The smallest absolute Gasteiger partial charge is 0.353 e. The fourth-order valence-electron chi connectivity index (χ4n) is 3.38. The van der Waals surface area contributed by atoms with Crippen LogP contribution in [0.5, 0.6) is 0 Å². The molecule has 2 N–H and O–H groups in total. The Morgan fingerprint density at radius 1 is 1.00 bits per heavy atom. The Morgan fingerprint density at radius 2 is 1.72 bits per heavy atom. The van der Waals surface area contributed by atoms with E-state index in [9.17, 15) is 14.9 Å². The number of hydrogen-bond acceptors (Lipinski definition) is 9. The summed E-state index contributed by atoms with van der Waals surface area (Å²) in [6.07, 6.45) is 2.95. The van der Waals surface area contributed by atoms with E-state index in [1.54, 1.807) is 30.5 Å². The average molecular weight is 455 g/mol. The van der Waals surface area contributed by atoms with Crippen molar-refractivity contribution in [2.24, 2.45) is 0 Å². The maximum absolute atomic E-state index is 12.4. The van der Waals surface area contributed by atoms with E-state index in [-0.39, 0.29) is 27.9 Å². The number of nitrogens with zero attached hydrogens (tertiary/aromatic N) is 6. The summed E-state index contributed by atoms with van der Waals surface area (Å²) in [5.74, 6) is 0.371. The predicted octanol–water partition coefficient (Wildman–Crippen LogP) is 2.52. The summed E-state index contributed by atoms with van der Waals surface area (Å²) >= 11 is 6.03. The van der Waals surface area contributed by atoms with Crippen molar-refractivity contribution < 1.29 is 9.72 Å². The Morgan fingerprint density at radius 3 is 2.41 bits per heavy atom. The molecule has 1 amide bonds. The molecule has 1 aliphatic heterocycles. The first kappa shape index (κ1) is 21.2. The van der Waals surface area contributed by atoms with Crippen LogP contribution < -0.4 is 20.7 Å². The number of halogens is 1. The van der Waals surface area contributed by atoms with Crippen molar-refractivity contribution in [2.75, 3.05) is 41.4 Å². The number of carbonyl (C=O) groups is 1. The molecule has 11 nitrogen and oxygen atoms in total. The van der Waals surface area contributed by atoms with E-state index >= 15 is 0 Å². The summed E-state index contributed by atoms with van der Waals surface area (Å²) in [7, 11) is 0. The van der Waals surface area contributed by atoms with Crippen molar-refractivity contribution in [1.82, 2.24) is 20.4 Å². The molecule has 0 saturated carbocycles. The molecule has 3 aromatic rings. The van der Waals surface area contributed by atoms with Crippen LogP contribution in [0.4, 0.5) is 23.1 Å². The predicted molar refractivity (Wildman–Crippen MR) is 120 cm³/mol. The zero-order valence-corrected chi connectivity index (χ0v) is 17.6. The second kappa shape index (κ2) is 9.43. The maximum Gasteiger partial charge on any atom is 0.355 e. The summed E-state index contributed by atoms with van der Waals surface area (Å²) < 4.78 is 0. The first-order valence-electron chi connectivity index (χ1n) is 9.76. The molecule has 1 saturated heterocycles. The number of hydrazine groups is 1. The van der Waals surface area contributed by atoms with Crippen molar-refractivity contribution in [1.29, 1.82) is 0 Å². The molecule has 32 heavy (non-hydrogen) atoms. The van der Waals surface area contributed by atoms with Gasteiger partial charge in [0.1, 0.15) is 12.1 Å². The van der Waals surface area contributed by atoms with E-state index in [0.717, 1.165) is 5.82 Å². The van der Waals surface area contributed by atoms with Crippen LogP contribution >= 0.6 is 11.6 Å². The van der Waals surface area contributed by atoms with E-state index in [0.29, 0.717) is 26.2 Å². The van der Waals surface area contributed by atoms with Gasteiger partial charge in [0, 0.05) is 32.4 Å². The van der Waals surface area contributed by atoms with E-state index in [1.807, 2.05) is 23.1 Å². The normalized spacial score (nSPS) is 13.5. The summed E-state index contributed by atoms with van der Waals surface area (Å²) in [5, 5.41) is 12.1. The Labute approximate surface area is 188 Å². The molecule has 1 aliphatic rings. The number of carbonyl (C=O) groups excluding carboxylic acids is 1. The van der Waals surface area contributed by atoms with Crippen LogP contribution in [0.3, 0.4) is 0 Å². The van der Waals surface area contributed by atoms with Gasteiger partial charge < -0.3 is 9.80 Å². The Balaban J connectivity index is 1.49. The summed E-state index contributed by atoms with van der Waals surface area (Å²) in [6, 6.07) is 12.2. The van der Waals surface area contributed by atoms with Gasteiger partial charge in [-0.3, -0.25) is 25.8 Å². The summed E-state index contributed by atoms with van der Waals surface area (Å²) in [4.78, 5) is 40.0. The van der Waals surface area contributed by atoms with E-state index < -0.39 is 10.8 Å². The lowest BCUT2D eigenvalue weighted by Crippen LogP contribution is -2.47. The zero-order chi connectivity index (χ0) is 22.5. The van der Waals surface area contributed by atoms with Crippen LogP contribution in [0.2, 0.25) is 5.02 Å². The minimum Gasteiger partial charge on any atom is -0.353 e. The first-order valence-corrected chi connectivity index (χ1v) is 10.1. The summed E-state index contributed by atoms with van der Waals surface area (Å²) in [6.45, 7) is 2.29. The average Bonchev–Trinajstić information content (AvgIpc) is 2.83. The molecule has 0 atom stereocenters. The maximum atomic E-state index is 12.4. The number of aromatic nitrogens is 3. The molecule has 4 rings (SSSR count). The lowest BCUT2D eigenvalue weighted by atomic mass is 10.2. The number of hydrogen-bond donors (Lipinski definition) is 2. The molecule has 1 fully saturated rings. The van der Waals surface area contributed by atoms with Gasteiger partial charge >= 0.3 is 5.69 Å². The zero-order valence-electron chi connectivity index (χ0n) is 16.8. The SMILES string of the molecule is O=C(NNc1ncnc(N2CCN(c3ccccn3)CC2)c1[N+](=O)[O-])c1ccccc1Cl. The first-order chi connectivity index (χ1) is 15.5. The van der Waals surface area contributed by atoms with Crippen molar-refractivity contribution in [3.63, 3.8) is 0 Å². The van der Waals surface area contributed by atoms with Crippen LogP contribution in [-0.2, 0) is 0 Å². The Hall–Kier alpha value is -3.99. The highest BCUT2D eigenvalue weighted by Crippen LogP contribution is 2.32. The van der Waals surface area contributed by atoms with Gasteiger partial charge in [-0.2, -0.15) is 0 Å². The van der Waals surface area contributed by atoms with Crippen molar-refractivity contribution >= 4 is 40.6 Å². The highest BCUT2D eigenvalue weighted by molar-refractivity contribution is 6.33. The fourth-order valence-corrected chi connectivity index (χ4v) is 3.60. The van der Waals surface area contributed by atoms with Gasteiger partial charge in [-0.05, 0) is 24.3 Å². The molecule has 12 heteroatoms. The highest BCUT2D eigenvalue weighted by atomic mass is 35.5. The van der Waals surface area contributed by atoms with Gasteiger partial charge in [0.25, 0.3) is 5.91 Å². The lowest BCUT2D eigenvalue weighted by Gasteiger charge is -2.35. The molecular formula is C20H19ClN8O3.